The lowest BCUT2D eigenvalue weighted by Crippen LogP contribution is -2.15. The predicted molar refractivity (Wildman–Crippen MR) is 101 cm³/mol. The van der Waals surface area contributed by atoms with Crippen molar-refractivity contribution in [3.05, 3.63) is 47.5 Å². The van der Waals surface area contributed by atoms with E-state index in [0.29, 0.717) is 17.0 Å². The van der Waals surface area contributed by atoms with Gasteiger partial charge in [0, 0.05) is 4.90 Å². The molecule has 0 atom stereocenters. The van der Waals surface area contributed by atoms with Crippen LogP contribution >= 0.6 is 11.8 Å². The maximum Gasteiger partial charge on any atom is 0.262 e. The molecule has 0 unspecified atom stereocenters. The molecule has 0 heterocycles. The topological polar surface area (TPSA) is 55.4 Å². The summed E-state index contributed by atoms with van der Waals surface area (Å²) in [5.74, 6) is 0.874. The van der Waals surface area contributed by atoms with E-state index in [1.54, 1.807) is 32.2 Å². The maximum absolute atomic E-state index is 12.9. The third-order valence-electron chi connectivity index (χ3n) is 3.79. The van der Waals surface area contributed by atoms with E-state index in [2.05, 4.69) is 4.72 Å². The van der Waals surface area contributed by atoms with Crippen LogP contribution in [-0.2, 0) is 10.0 Å². The van der Waals surface area contributed by atoms with Crippen LogP contribution in [0.1, 0.15) is 30.9 Å². The summed E-state index contributed by atoms with van der Waals surface area (Å²) in [5.41, 5.74) is 2.12. The van der Waals surface area contributed by atoms with E-state index in [4.69, 9.17) is 4.74 Å². The van der Waals surface area contributed by atoms with Crippen molar-refractivity contribution in [2.24, 2.45) is 0 Å². The molecule has 1 N–H and O–H groups in total. The second-order valence-corrected chi connectivity index (χ2v) is 8.32. The van der Waals surface area contributed by atoms with Gasteiger partial charge in [0.1, 0.15) is 5.75 Å². The van der Waals surface area contributed by atoms with Gasteiger partial charge in [-0.2, -0.15) is 0 Å². The van der Waals surface area contributed by atoms with Crippen LogP contribution in [0.25, 0.3) is 0 Å². The summed E-state index contributed by atoms with van der Waals surface area (Å²) in [6.07, 6.45) is 1.92. The molecule has 2 rings (SSSR count). The summed E-state index contributed by atoms with van der Waals surface area (Å²) in [7, 11) is -2.08. The fourth-order valence-electron chi connectivity index (χ4n) is 2.52. The van der Waals surface area contributed by atoms with Crippen LogP contribution in [0.3, 0.4) is 0 Å². The van der Waals surface area contributed by atoms with Crippen molar-refractivity contribution in [1.29, 1.82) is 0 Å². The van der Waals surface area contributed by atoms with E-state index in [1.807, 2.05) is 38.3 Å². The highest BCUT2D eigenvalue weighted by atomic mass is 32.2. The van der Waals surface area contributed by atoms with E-state index < -0.39 is 10.0 Å². The Bertz CT molecular complexity index is 830. The Kier molecular flexibility index (Phi) is 5.83. The molecule has 0 aromatic heterocycles. The predicted octanol–water partition coefficient (Wildman–Crippen LogP) is 4.65. The van der Waals surface area contributed by atoms with Crippen molar-refractivity contribution in [3.8, 4) is 5.75 Å². The van der Waals surface area contributed by atoms with Crippen molar-refractivity contribution >= 4 is 27.5 Å². The molecule has 0 spiro atoms. The van der Waals surface area contributed by atoms with Gasteiger partial charge < -0.3 is 4.74 Å². The zero-order valence-corrected chi connectivity index (χ0v) is 16.2. The zero-order valence-electron chi connectivity index (χ0n) is 14.6. The highest BCUT2D eigenvalue weighted by Gasteiger charge is 2.21. The van der Waals surface area contributed by atoms with E-state index >= 15 is 0 Å². The Morgan fingerprint density at radius 2 is 1.83 bits per heavy atom. The van der Waals surface area contributed by atoms with Gasteiger partial charge >= 0.3 is 0 Å². The summed E-state index contributed by atoms with van der Waals surface area (Å²) in [4.78, 5) is 1.17. The molecule has 0 bridgehead atoms. The molecule has 4 nitrogen and oxygen atoms in total. The molecule has 0 aliphatic heterocycles. The molecular formula is C18H23NO3S2. The molecule has 0 aliphatic rings. The van der Waals surface area contributed by atoms with Crippen molar-refractivity contribution in [2.75, 3.05) is 18.1 Å². The first-order valence-corrected chi connectivity index (χ1v) is 10.3. The van der Waals surface area contributed by atoms with Crippen LogP contribution in [0.2, 0.25) is 0 Å². The molecule has 0 fully saturated rings. The van der Waals surface area contributed by atoms with Gasteiger partial charge in [0.2, 0.25) is 0 Å². The summed E-state index contributed by atoms with van der Waals surface area (Å²) in [6.45, 7) is 5.81. The third kappa shape index (κ3) is 3.87. The van der Waals surface area contributed by atoms with Crippen LogP contribution < -0.4 is 9.46 Å². The lowest BCUT2D eigenvalue weighted by atomic mass is 10.0. The number of benzene rings is 2. The Labute approximate surface area is 148 Å². The smallest absolute Gasteiger partial charge is 0.262 e. The number of hydrogen-bond acceptors (Lipinski definition) is 4. The van der Waals surface area contributed by atoms with Gasteiger partial charge in [-0.1, -0.05) is 26.0 Å². The molecular weight excluding hydrogens is 342 g/mol. The van der Waals surface area contributed by atoms with Crippen LogP contribution in [0.15, 0.2) is 46.2 Å². The van der Waals surface area contributed by atoms with E-state index in [9.17, 15) is 8.42 Å². The Hall–Kier alpha value is -1.66. The number of aryl methyl sites for hydroxylation is 1. The summed E-state index contributed by atoms with van der Waals surface area (Å²) in [6, 6.07) is 10.9. The maximum atomic E-state index is 12.9. The SMILES string of the molecule is COc1cc(C)c(S(=O)(=O)Nc2ccccc2SC)cc1C(C)C. The van der Waals surface area contributed by atoms with Gasteiger partial charge in [0.05, 0.1) is 17.7 Å². The lowest BCUT2D eigenvalue weighted by Gasteiger charge is -2.17. The summed E-state index contributed by atoms with van der Waals surface area (Å²) in [5, 5.41) is 0. The minimum absolute atomic E-state index is 0.160. The minimum atomic E-state index is -3.68. The third-order valence-corrected chi connectivity index (χ3v) is 6.09. The summed E-state index contributed by atoms with van der Waals surface area (Å²) < 4.78 is 33.9. The number of hydrogen-bond donors (Lipinski definition) is 1. The average molecular weight is 366 g/mol. The molecule has 0 saturated heterocycles. The molecule has 130 valence electrons. The second-order valence-electron chi connectivity index (χ2n) is 5.82. The van der Waals surface area contributed by atoms with Crippen molar-refractivity contribution in [3.63, 3.8) is 0 Å². The van der Waals surface area contributed by atoms with Gasteiger partial charge in [-0.3, -0.25) is 4.72 Å². The highest BCUT2D eigenvalue weighted by molar-refractivity contribution is 7.99. The fourth-order valence-corrected chi connectivity index (χ4v) is 4.48. The molecule has 6 heteroatoms. The molecule has 0 amide bonds. The minimum Gasteiger partial charge on any atom is -0.496 e. The van der Waals surface area contributed by atoms with Gasteiger partial charge in [0.15, 0.2) is 0 Å². The first-order chi connectivity index (χ1) is 11.3. The van der Waals surface area contributed by atoms with Crippen LogP contribution in [0.4, 0.5) is 5.69 Å². The monoisotopic (exact) mass is 365 g/mol. The van der Waals surface area contributed by atoms with Crippen LogP contribution in [-0.4, -0.2) is 21.8 Å². The molecule has 0 saturated carbocycles. The Morgan fingerprint density at radius 3 is 2.42 bits per heavy atom. The Morgan fingerprint density at radius 1 is 1.17 bits per heavy atom. The number of para-hydroxylation sites is 1. The normalized spacial score (nSPS) is 11.6. The number of nitrogens with one attached hydrogen (secondary N) is 1. The van der Waals surface area contributed by atoms with Crippen molar-refractivity contribution in [1.82, 2.24) is 0 Å². The highest BCUT2D eigenvalue weighted by Crippen LogP contribution is 2.33. The van der Waals surface area contributed by atoms with Crippen LogP contribution in [0, 0.1) is 6.92 Å². The van der Waals surface area contributed by atoms with Gasteiger partial charge in [-0.15, -0.1) is 11.8 Å². The fraction of sp³-hybridized carbons (Fsp3) is 0.333. The van der Waals surface area contributed by atoms with Gasteiger partial charge in [-0.25, -0.2) is 8.42 Å². The number of ether oxygens (including phenoxy) is 1. The van der Waals surface area contributed by atoms with E-state index in [0.717, 1.165) is 10.5 Å². The molecule has 0 radical (unpaired) electrons. The number of sulfonamides is 1. The van der Waals surface area contributed by atoms with Gasteiger partial charge in [-0.05, 0) is 54.5 Å². The zero-order chi connectivity index (χ0) is 17.9. The van der Waals surface area contributed by atoms with Gasteiger partial charge in [0.25, 0.3) is 10.0 Å². The standard InChI is InChI=1S/C18H23NO3S2/c1-12(2)14-11-18(13(3)10-16(14)22-4)24(20,21)19-15-8-6-7-9-17(15)23-5/h6-12,19H,1-5H3. The first kappa shape index (κ1) is 18.7. The first-order valence-electron chi connectivity index (χ1n) is 7.64. The molecule has 0 aliphatic carbocycles. The quantitative estimate of drug-likeness (QED) is 0.757. The summed E-state index contributed by atoms with van der Waals surface area (Å²) >= 11 is 1.50. The average Bonchev–Trinajstić information content (AvgIpc) is 2.54. The Balaban J connectivity index is 2.51. The largest absolute Gasteiger partial charge is 0.496 e. The van der Waals surface area contributed by atoms with Crippen molar-refractivity contribution in [2.45, 2.75) is 36.5 Å². The molecule has 24 heavy (non-hydrogen) atoms. The van der Waals surface area contributed by atoms with Crippen molar-refractivity contribution < 1.29 is 13.2 Å². The number of anilines is 1. The number of methoxy groups -OCH3 is 1. The number of rotatable bonds is 6. The second kappa shape index (κ2) is 7.49. The van der Waals surface area contributed by atoms with E-state index in [1.165, 1.54) is 11.8 Å². The molecule has 2 aromatic carbocycles. The number of thioether (sulfide) groups is 1. The van der Waals surface area contributed by atoms with E-state index in [-0.39, 0.29) is 10.8 Å². The molecule has 2 aromatic rings. The van der Waals surface area contributed by atoms with Crippen LogP contribution in [0.5, 0.6) is 5.75 Å². The lowest BCUT2D eigenvalue weighted by molar-refractivity contribution is 0.406.